The zero-order chi connectivity index (χ0) is 18.6. The summed E-state index contributed by atoms with van der Waals surface area (Å²) < 4.78 is 13.0. The Labute approximate surface area is 163 Å². The number of rotatable bonds is 4. The second kappa shape index (κ2) is 7.67. The summed E-state index contributed by atoms with van der Waals surface area (Å²) in [5.41, 5.74) is 4.16. The van der Waals surface area contributed by atoms with Crippen molar-refractivity contribution in [3.63, 3.8) is 0 Å². The minimum Gasteiger partial charge on any atom is -0.486 e. The SMILES string of the molecule is Cc1ccccc1Cn1cc(NC(=S)Nc2ccc3c(c2)OCCO3)cn1. The maximum atomic E-state index is 5.59. The number of ether oxygens (including phenoxy) is 2. The fourth-order valence-corrected chi connectivity index (χ4v) is 3.13. The average molecular weight is 380 g/mol. The van der Waals surface area contributed by atoms with E-state index in [1.165, 1.54) is 11.1 Å². The molecule has 7 heteroatoms. The number of hydrogen-bond donors (Lipinski definition) is 2. The molecule has 138 valence electrons. The van der Waals surface area contributed by atoms with E-state index in [2.05, 4.69) is 34.8 Å². The van der Waals surface area contributed by atoms with E-state index in [9.17, 15) is 0 Å². The third-order valence-electron chi connectivity index (χ3n) is 4.28. The van der Waals surface area contributed by atoms with E-state index in [4.69, 9.17) is 21.7 Å². The molecule has 2 N–H and O–H groups in total. The van der Waals surface area contributed by atoms with Crippen LogP contribution >= 0.6 is 12.2 Å². The molecule has 0 amide bonds. The van der Waals surface area contributed by atoms with Crippen molar-refractivity contribution < 1.29 is 9.47 Å². The molecule has 3 aromatic rings. The van der Waals surface area contributed by atoms with Crippen LogP contribution < -0.4 is 20.1 Å². The molecule has 0 bridgehead atoms. The molecule has 0 radical (unpaired) electrons. The van der Waals surface area contributed by atoms with Crippen LogP contribution in [0, 0.1) is 6.92 Å². The lowest BCUT2D eigenvalue weighted by molar-refractivity contribution is 0.171. The Morgan fingerprint density at radius 2 is 1.85 bits per heavy atom. The number of thiocarbonyl (C=S) groups is 1. The highest BCUT2D eigenvalue weighted by Gasteiger charge is 2.12. The standard InChI is InChI=1S/C20H20N4O2S/c1-14-4-2-3-5-15(14)12-24-13-17(11-21-24)23-20(27)22-16-6-7-18-19(10-16)26-9-8-25-18/h2-7,10-11,13H,8-9,12H2,1H3,(H2,22,23,27). The van der Waals surface area contributed by atoms with Crippen LogP contribution in [-0.2, 0) is 6.54 Å². The third kappa shape index (κ3) is 4.20. The summed E-state index contributed by atoms with van der Waals surface area (Å²) in [6.07, 6.45) is 3.69. The number of hydrogen-bond acceptors (Lipinski definition) is 4. The molecule has 4 rings (SSSR count). The summed E-state index contributed by atoms with van der Waals surface area (Å²) in [5.74, 6) is 1.48. The van der Waals surface area contributed by atoms with Crippen molar-refractivity contribution in [2.75, 3.05) is 23.8 Å². The summed E-state index contributed by atoms with van der Waals surface area (Å²) >= 11 is 5.40. The van der Waals surface area contributed by atoms with Crippen LogP contribution in [0.15, 0.2) is 54.9 Å². The van der Waals surface area contributed by atoms with Gasteiger partial charge in [-0.05, 0) is 42.4 Å². The molecule has 1 aromatic heterocycles. The van der Waals surface area contributed by atoms with Gasteiger partial charge in [-0.2, -0.15) is 5.10 Å². The van der Waals surface area contributed by atoms with Crippen LogP contribution in [0.2, 0.25) is 0 Å². The average Bonchev–Trinajstić information content (AvgIpc) is 3.10. The first kappa shape index (κ1) is 17.4. The number of anilines is 2. The molecule has 0 unspecified atom stereocenters. The molecule has 2 heterocycles. The van der Waals surface area contributed by atoms with Crippen LogP contribution in [-0.4, -0.2) is 28.1 Å². The zero-order valence-corrected chi connectivity index (χ0v) is 15.8. The first-order valence-electron chi connectivity index (χ1n) is 8.72. The van der Waals surface area contributed by atoms with Crippen molar-refractivity contribution in [1.29, 1.82) is 0 Å². The van der Waals surface area contributed by atoms with Crippen LogP contribution in [0.5, 0.6) is 11.5 Å². The predicted molar refractivity (Wildman–Crippen MR) is 110 cm³/mol. The fraction of sp³-hybridized carbons (Fsp3) is 0.200. The lowest BCUT2D eigenvalue weighted by atomic mass is 10.1. The number of benzene rings is 2. The molecule has 0 saturated heterocycles. The van der Waals surface area contributed by atoms with Crippen molar-refractivity contribution in [3.8, 4) is 11.5 Å². The Hall–Kier alpha value is -3.06. The summed E-state index contributed by atoms with van der Waals surface area (Å²) in [5, 5.41) is 11.2. The Kier molecular flexibility index (Phi) is 4.93. The van der Waals surface area contributed by atoms with Crippen LogP contribution in [0.3, 0.4) is 0 Å². The molecule has 6 nitrogen and oxygen atoms in total. The van der Waals surface area contributed by atoms with Gasteiger partial charge < -0.3 is 20.1 Å². The number of nitrogens with zero attached hydrogens (tertiary/aromatic N) is 2. The van der Waals surface area contributed by atoms with Gasteiger partial charge in [-0.25, -0.2) is 0 Å². The smallest absolute Gasteiger partial charge is 0.175 e. The highest BCUT2D eigenvalue weighted by atomic mass is 32.1. The summed E-state index contributed by atoms with van der Waals surface area (Å²) in [4.78, 5) is 0. The molecule has 1 aliphatic rings. The second-order valence-corrected chi connectivity index (χ2v) is 6.70. The van der Waals surface area contributed by atoms with Gasteiger partial charge in [-0.15, -0.1) is 0 Å². The van der Waals surface area contributed by atoms with Crippen molar-refractivity contribution >= 4 is 28.7 Å². The first-order chi connectivity index (χ1) is 13.2. The molecule has 0 saturated carbocycles. The topological polar surface area (TPSA) is 60.3 Å². The number of fused-ring (bicyclic) bond motifs is 1. The zero-order valence-electron chi connectivity index (χ0n) is 14.9. The van der Waals surface area contributed by atoms with E-state index in [1.54, 1.807) is 6.20 Å². The number of nitrogens with one attached hydrogen (secondary N) is 2. The van der Waals surface area contributed by atoms with Crippen LogP contribution in [0.4, 0.5) is 11.4 Å². The quantitative estimate of drug-likeness (QED) is 0.671. The van der Waals surface area contributed by atoms with E-state index < -0.39 is 0 Å². The minimum absolute atomic E-state index is 0.488. The summed E-state index contributed by atoms with van der Waals surface area (Å²) in [7, 11) is 0. The van der Waals surface area contributed by atoms with E-state index in [1.807, 2.05) is 41.2 Å². The molecule has 0 fully saturated rings. The number of aryl methyl sites for hydroxylation is 1. The van der Waals surface area contributed by atoms with Crippen molar-refractivity contribution in [2.24, 2.45) is 0 Å². The van der Waals surface area contributed by atoms with Crippen molar-refractivity contribution in [1.82, 2.24) is 9.78 Å². The van der Waals surface area contributed by atoms with E-state index >= 15 is 0 Å². The highest BCUT2D eigenvalue weighted by Crippen LogP contribution is 2.32. The van der Waals surface area contributed by atoms with E-state index in [0.29, 0.717) is 18.3 Å². The fourth-order valence-electron chi connectivity index (χ4n) is 2.89. The maximum Gasteiger partial charge on any atom is 0.175 e. The van der Waals surface area contributed by atoms with Gasteiger partial charge in [0.15, 0.2) is 16.6 Å². The highest BCUT2D eigenvalue weighted by molar-refractivity contribution is 7.80. The molecule has 27 heavy (non-hydrogen) atoms. The molecule has 0 atom stereocenters. The van der Waals surface area contributed by atoms with Crippen molar-refractivity contribution in [3.05, 3.63) is 66.0 Å². The largest absolute Gasteiger partial charge is 0.486 e. The Bertz CT molecular complexity index is 970. The van der Waals surface area contributed by atoms with Gasteiger partial charge in [0.2, 0.25) is 0 Å². The maximum absolute atomic E-state index is 5.59. The molecular weight excluding hydrogens is 360 g/mol. The normalized spacial score (nSPS) is 12.5. The molecule has 0 spiro atoms. The predicted octanol–water partition coefficient (Wildman–Crippen LogP) is 3.82. The first-order valence-corrected chi connectivity index (χ1v) is 9.13. The Morgan fingerprint density at radius 1 is 1.07 bits per heavy atom. The third-order valence-corrected chi connectivity index (χ3v) is 4.49. The minimum atomic E-state index is 0.488. The molecule has 1 aliphatic heterocycles. The summed E-state index contributed by atoms with van der Waals surface area (Å²) in [6, 6.07) is 13.9. The van der Waals surface area contributed by atoms with E-state index in [-0.39, 0.29) is 0 Å². The van der Waals surface area contributed by atoms with Crippen LogP contribution in [0.1, 0.15) is 11.1 Å². The lowest BCUT2D eigenvalue weighted by Crippen LogP contribution is -2.19. The Balaban J connectivity index is 1.37. The van der Waals surface area contributed by atoms with Gasteiger partial charge >= 0.3 is 0 Å². The van der Waals surface area contributed by atoms with Gasteiger partial charge in [0.25, 0.3) is 0 Å². The molecular formula is C20H20N4O2S. The lowest BCUT2D eigenvalue weighted by Gasteiger charge is -2.19. The molecule has 2 aromatic carbocycles. The monoisotopic (exact) mass is 380 g/mol. The summed E-state index contributed by atoms with van der Waals surface area (Å²) in [6.45, 7) is 3.95. The number of aromatic nitrogens is 2. The second-order valence-electron chi connectivity index (χ2n) is 6.29. The van der Waals surface area contributed by atoms with Gasteiger partial charge in [0, 0.05) is 18.0 Å². The molecule has 0 aliphatic carbocycles. The van der Waals surface area contributed by atoms with Gasteiger partial charge in [-0.1, -0.05) is 24.3 Å². The van der Waals surface area contributed by atoms with Gasteiger partial charge in [0.1, 0.15) is 13.2 Å². The van der Waals surface area contributed by atoms with Crippen LogP contribution in [0.25, 0.3) is 0 Å². The van der Waals surface area contributed by atoms with Crippen molar-refractivity contribution in [2.45, 2.75) is 13.5 Å². The van der Waals surface area contributed by atoms with Gasteiger partial charge in [0.05, 0.1) is 18.4 Å². The van der Waals surface area contributed by atoms with E-state index in [0.717, 1.165) is 29.4 Å². The van der Waals surface area contributed by atoms with Gasteiger partial charge in [-0.3, -0.25) is 4.68 Å². The Morgan fingerprint density at radius 3 is 2.70 bits per heavy atom.